The highest BCUT2D eigenvalue weighted by molar-refractivity contribution is 8.22. The first-order valence-electron chi connectivity index (χ1n) is 16.1. The number of carboxylic acid groups (broad SMARTS) is 1. The van der Waals surface area contributed by atoms with E-state index in [-0.39, 0.29) is 47.8 Å². The Labute approximate surface area is 281 Å². The molecule has 0 aromatic heterocycles. The van der Waals surface area contributed by atoms with Gasteiger partial charge in [-0.2, -0.15) is 0 Å². The van der Waals surface area contributed by atoms with E-state index in [1.165, 1.54) is 7.05 Å². The van der Waals surface area contributed by atoms with Crippen molar-refractivity contribution in [1.82, 2.24) is 14.5 Å². The lowest BCUT2D eigenvalue weighted by atomic mass is 9.72. The molecule has 0 radical (unpaired) electrons. The first-order chi connectivity index (χ1) is 22.2. The van der Waals surface area contributed by atoms with Gasteiger partial charge < -0.3 is 20.5 Å². The van der Waals surface area contributed by atoms with Crippen LogP contribution in [0.2, 0.25) is 5.02 Å². The predicted octanol–water partition coefficient (Wildman–Crippen LogP) is 6.56. The lowest BCUT2D eigenvalue weighted by Gasteiger charge is -2.49. The first kappa shape index (κ1) is 35.8. The number of carbonyl (C=O) groups is 2. The molecule has 2 bridgehead atoms. The van der Waals surface area contributed by atoms with E-state index in [0.717, 1.165) is 23.5 Å². The number of fused-ring (bicyclic) bond motifs is 2. The van der Waals surface area contributed by atoms with Crippen molar-refractivity contribution in [2.75, 3.05) is 37.8 Å². The SMILES string of the molecule is CN(C(=O)O)[C@H](C(=O)Nc1c(F)ccc(F)c1CC[C@H]1CN[C@@H]2CCCS(O)(O)N1C2)[C@@H](c1ccc(Cl)cc1)[C@H]1CCOC(C)(C)C1. The number of anilines is 1. The van der Waals surface area contributed by atoms with E-state index in [4.69, 9.17) is 16.3 Å². The maximum atomic E-state index is 15.5. The third kappa shape index (κ3) is 8.21. The van der Waals surface area contributed by atoms with Crippen molar-refractivity contribution in [3.63, 3.8) is 0 Å². The molecule has 14 heteroatoms. The van der Waals surface area contributed by atoms with Crippen LogP contribution in [0.4, 0.5) is 19.3 Å². The Balaban J connectivity index is 1.46. The van der Waals surface area contributed by atoms with Gasteiger partial charge in [0.1, 0.15) is 17.7 Å². The van der Waals surface area contributed by atoms with Crippen molar-refractivity contribution in [3.8, 4) is 0 Å². The van der Waals surface area contributed by atoms with Crippen molar-refractivity contribution < 1.29 is 37.3 Å². The minimum Gasteiger partial charge on any atom is -0.465 e. The Morgan fingerprint density at radius 2 is 1.87 bits per heavy atom. The number of piperazine rings is 1. The highest BCUT2D eigenvalue weighted by Crippen LogP contribution is 2.49. The molecule has 10 nitrogen and oxygen atoms in total. The summed E-state index contributed by atoms with van der Waals surface area (Å²) in [6.07, 6.45) is 1.49. The maximum Gasteiger partial charge on any atom is 0.407 e. The molecule has 2 amide bonds. The number of ether oxygens (including phenoxy) is 1. The molecule has 0 saturated carbocycles. The van der Waals surface area contributed by atoms with Crippen molar-refractivity contribution in [1.29, 1.82) is 0 Å². The number of benzene rings is 2. The molecular formula is C33H45ClF2N4O6S. The normalized spacial score (nSPS) is 27.1. The second kappa shape index (κ2) is 14.5. The highest BCUT2D eigenvalue weighted by Gasteiger charge is 2.44. The van der Waals surface area contributed by atoms with Crippen molar-refractivity contribution >= 4 is 40.1 Å². The molecule has 3 aliphatic heterocycles. The van der Waals surface area contributed by atoms with Gasteiger partial charge in [-0.05, 0) is 88.1 Å². The fourth-order valence-corrected chi connectivity index (χ4v) is 9.43. The minimum atomic E-state index is -3.00. The smallest absolute Gasteiger partial charge is 0.407 e. The summed E-state index contributed by atoms with van der Waals surface area (Å²) in [5, 5.41) is 16.6. The molecule has 0 spiro atoms. The number of rotatable bonds is 9. The number of hydrogen-bond acceptors (Lipinski definition) is 7. The Morgan fingerprint density at radius 1 is 1.17 bits per heavy atom. The molecular weight excluding hydrogens is 654 g/mol. The zero-order chi connectivity index (χ0) is 34.1. The van der Waals surface area contributed by atoms with Gasteiger partial charge in [0.15, 0.2) is 0 Å². The number of halogens is 3. The van der Waals surface area contributed by atoms with Crippen LogP contribution in [-0.4, -0.2) is 91.6 Å². The Hall–Kier alpha value is -2.52. The molecule has 3 fully saturated rings. The maximum absolute atomic E-state index is 15.5. The lowest BCUT2D eigenvalue weighted by molar-refractivity contribution is -0.123. The van der Waals surface area contributed by atoms with Gasteiger partial charge in [0.05, 0.1) is 17.0 Å². The Kier molecular flexibility index (Phi) is 11.1. The van der Waals surface area contributed by atoms with Crippen LogP contribution in [0.5, 0.6) is 0 Å². The summed E-state index contributed by atoms with van der Waals surface area (Å²) in [7, 11) is -1.70. The number of carbonyl (C=O) groups excluding carboxylic acids is 1. The fourth-order valence-electron chi connectivity index (χ4n) is 7.44. The van der Waals surface area contributed by atoms with Gasteiger partial charge in [-0.15, -0.1) is 10.8 Å². The summed E-state index contributed by atoms with van der Waals surface area (Å²) in [6.45, 7) is 5.19. The van der Waals surface area contributed by atoms with Gasteiger partial charge in [-0.1, -0.05) is 23.7 Å². The third-order valence-electron chi connectivity index (χ3n) is 9.80. The van der Waals surface area contributed by atoms with Gasteiger partial charge in [0.25, 0.3) is 0 Å². The number of likely N-dealkylation sites (N-methyl/N-ethyl adjacent to an activating group) is 1. The number of nitrogens with one attached hydrogen (secondary N) is 2. The Morgan fingerprint density at radius 3 is 2.55 bits per heavy atom. The van der Waals surface area contributed by atoms with Gasteiger partial charge >= 0.3 is 6.09 Å². The minimum absolute atomic E-state index is 0.00353. The van der Waals surface area contributed by atoms with E-state index >= 15 is 8.78 Å². The number of nitrogens with zero attached hydrogens (tertiary/aromatic N) is 2. The summed E-state index contributed by atoms with van der Waals surface area (Å²) >= 11 is 6.18. The van der Waals surface area contributed by atoms with Crippen LogP contribution >= 0.6 is 22.4 Å². The molecule has 2 aromatic carbocycles. The molecule has 5 N–H and O–H groups in total. The molecule has 5 rings (SSSR count). The number of amides is 2. The van der Waals surface area contributed by atoms with Crippen molar-refractivity contribution in [3.05, 3.63) is 64.2 Å². The van der Waals surface area contributed by atoms with Crippen LogP contribution in [0, 0.1) is 17.6 Å². The van der Waals surface area contributed by atoms with Crippen molar-refractivity contribution in [2.24, 2.45) is 5.92 Å². The topological polar surface area (TPSA) is 135 Å². The predicted molar refractivity (Wildman–Crippen MR) is 179 cm³/mol. The van der Waals surface area contributed by atoms with E-state index in [1.54, 1.807) is 28.6 Å². The molecule has 2 aromatic rings. The second-order valence-corrected chi connectivity index (χ2v) is 16.1. The number of hydrogen-bond donors (Lipinski definition) is 5. The monoisotopic (exact) mass is 698 g/mol. The summed E-state index contributed by atoms with van der Waals surface area (Å²) in [5.41, 5.74) is -0.268. The summed E-state index contributed by atoms with van der Waals surface area (Å²) < 4.78 is 60.3. The molecule has 1 unspecified atom stereocenters. The Bertz CT molecular complexity index is 1450. The second-order valence-electron chi connectivity index (χ2n) is 13.5. The van der Waals surface area contributed by atoms with E-state index in [2.05, 4.69) is 10.6 Å². The molecule has 6 atom stereocenters. The lowest BCUT2D eigenvalue weighted by Crippen LogP contribution is -2.55. The summed E-state index contributed by atoms with van der Waals surface area (Å²) in [4.78, 5) is 27.7. The zero-order valence-corrected chi connectivity index (χ0v) is 28.5. The quantitative estimate of drug-likeness (QED) is 0.199. The van der Waals surface area contributed by atoms with Gasteiger partial charge in [-0.3, -0.25) is 18.8 Å². The standard InChI is InChI=1S/C33H45ClF2N4O6S/c1-33(2)17-21(14-15-46-33)28(20-6-8-22(34)9-7-20)30(39(3)32(42)43)31(41)38-29-25(26(35)12-13-27(29)36)11-10-24-18-37-23-5-4-16-47(44,45)40(24)19-23/h6-9,12-13,21,23-24,28,30,37,44-45H,4-5,10-11,14-19H2,1-3H3,(H,38,41)(H,42,43)/t21-,23+,24-,28-,30-/m0/s1. The molecule has 3 aliphatic rings. The average molecular weight is 699 g/mol. The largest absolute Gasteiger partial charge is 0.465 e. The van der Waals surface area contributed by atoms with Crippen LogP contribution in [0.15, 0.2) is 36.4 Å². The van der Waals surface area contributed by atoms with Crippen LogP contribution in [0.3, 0.4) is 0 Å². The highest BCUT2D eigenvalue weighted by atomic mass is 35.5. The van der Waals surface area contributed by atoms with Gasteiger partial charge in [-0.25, -0.2) is 17.9 Å². The molecule has 47 heavy (non-hydrogen) atoms. The third-order valence-corrected chi connectivity index (χ3v) is 12.1. The van der Waals surface area contributed by atoms with E-state index in [9.17, 15) is 23.8 Å². The van der Waals surface area contributed by atoms with E-state index in [0.29, 0.717) is 49.5 Å². The average Bonchev–Trinajstić information content (AvgIpc) is 3.12. The van der Waals surface area contributed by atoms with Crippen LogP contribution < -0.4 is 10.6 Å². The van der Waals surface area contributed by atoms with Crippen molar-refractivity contribution in [2.45, 2.75) is 82.0 Å². The van der Waals surface area contributed by atoms with Gasteiger partial charge in [0, 0.05) is 55.3 Å². The zero-order valence-electron chi connectivity index (χ0n) is 26.9. The van der Waals surface area contributed by atoms with Crippen LogP contribution in [-0.2, 0) is 16.0 Å². The molecule has 3 heterocycles. The van der Waals surface area contributed by atoms with E-state index < -0.39 is 52.0 Å². The fraction of sp³-hybridized carbons (Fsp3) is 0.576. The molecule has 260 valence electrons. The summed E-state index contributed by atoms with van der Waals surface area (Å²) in [5.74, 6) is -2.98. The van der Waals surface area contributed by atoms with Crippen LogP contribution in [0.25, 0.3) is 0 Å². The molecule has 0 aliphatic carbocycles. The van der Waals surface area contributed by atoms with E-state index in [1.807, 2.05) is 13.8 Å². The molecule has 3 saturated heterocycles. The summed E-state index contributed by atoms with van der Waals surface area (Å²) in [6, 6.07) is 7.26. The van der Waals surface area contributed by atoms with Gasteiger partial charge in [0.2, 0.25) is 5.91 Å². The first-order valence-corrected chi connectivity index (χ1v) is 18.1. The van der Waals surface area contributed by atoms with Crippen LogP contribution in [0.1, 0.15) is 63.0 Å².